The van der Waals surface area contributed by atoms with Gasteiger partial charge in [0.15, 0.2) is 0 Å². The first-order valence-electron chi connectivity index (χ1n) is 5.13. The molecule has 0 spiro atoms. The second kappa shape index (κ2) is 5.14. The topological polar surface area (TPSA) is 64.6 Å². The van der Waals surface area contributed by atoms with Crippen LogP contribution in [-0.2, 0) is 0 Å². The van der Waals surface area contributed by atoms with Gasteiger partial charge in [0.2, 0.25) is 0 Å². The van der Waals surface area contributed by atoms with Crippen LogP contribution in [0.25, 0.3) is 0 Å². The summed E-state index contributed by atoms with van der Waals surface area (Å²) in [5.74, 6) is 0.620. The SMILES string of the molecule is Cc1ccc(Nc2cc([NH2+][O-])ccn2)cc1Cl. The number of benzene rings is 1. The van der Waals surface area contributed by atoms with E-state index in [9.17, 15) is 5.21 Å². The summed E-state index contributed by atoms with van der Waals surface area (Å²) in [5, 5.41) is 14.4. The third-order valence-corrected chi connectivity index (χ3v) is 2.77. The molecule has 1 heterocycles. The maximum atomic E-state index is 10.6. The number of nitrogens with one attached hydrogen (secondary N) is 1. The molecule has 4 nitrogen and oxygen atoms in total. The van der Waals surface area contributed by atoms with Gasteiger partial charge in [-0.15, -0.1) is 0 Å². The van der Waals surface area contributed by atoms with E-state index in [-0.39, 0.29) is 0 Å². The summed E-state index contributed by atoms with van der Waals surface area (Å²) in [6.07, 6.45) is 1.59. The Morgan fingerprint density at radius 2 is 2.12 bits per heavy atom. The van der Waals surface area contributed by atoms with Crippen molar-refractivity contribution in [3.8, 4) is 0 Å². The van der Waals surface area contributed by atoms with Crippen molar-refractivity contribution < 1.29 is 5.48 Å². The Bertz CT molecular complexity index is 531. The molecular formula is C12H12ClN3O. The number of anilines is 2. The minimum Gasteiger partial charge on any atom is -0.630 e. The van der Waals surface area contributed by atoms with E-state index >= 15 is 0 Å². The summed E-state index contributed by atoms with van der Waals surface area (Å²) in [5.41, 5.74) is 3.23. The van der Waals surface area contributed by atoms with Crippen molar-refractivity contribution in [3.05, 3.63) is 52.3 Å². The predicted octanol–water partition coefficient (Wildman–Crippen LogP) is 2.48. The summed E-state index contributed by atoms with van der Waals surface area (Å²) in [7, 11) is 0. The van der Waals surface area contributed by atoms with E-state index in [2.05, 4.69) is 10.3 Å². The van der Waals surface area contributed by atoms with Crippen LogP contribution in [-0.4, -0.2) is 4.98 Å². The molecule has 0 aliphatic rings. The Balaban J connectivity index is 2.22. The maximum absolute atomic E-state index is 10.6. The van der Waals surface area contributed by atoms with Crippen molar-refractivity contribution in [2.45, 2.75) is 6.92 Å². The number of nitrogens with zero attached hydrogens (tertiary/aromatic N) is 1. The molecule has 0 fully saturated rings. The molecule has 0 aliphatic carbocycles. The predicted molar refractivity (Wildman–Crippen MR) is 68.7 cm³/mol. The molecule has 0 atom stereocenters. The van der Waals surface area contributed by atoms with E-state index in [0.29, 0.717) is 16.5 Å². The van der Waals surface area contributed by atoms with Gasteiger partial charge < -0.3 is 16.0 Å². The minimum atomic E-state index is 0.584. The normalized spacial score (nSPS) is 10.3. The fourth-order valence-corrected chi connectivity index (χ4v) is 1.59. The van der Waals surface area contributed by atoms with Gasteiger partial charge in [0, 0.05) is 29.0 Å². The molecule has 2 aromatic rings. The largest absolute Gasteiger partial charge is 0.630 e. The van der Waals surface area contributed by atoms with E-state index in [1.54, 1.807) is 18.3 Å². The highest BCUT2D eigenvalue weighted by atomic mass is 35.5. The second-order valence-electron chi connectivity index (χ2n) is 3.68. The first kappa shape index (κ1) is 11.9. The van der Waals surface area contributed by atoms with Gasteiger partial charge >= 0.3 is 0 Å². The molecule has 5 heteroatoms. The standard InChI is InChI=1S/C12H12ClN3O/c1-8-2-3-9(6-11(8)13)15-12-7-10(16-17)4-5-14-12/h2-7H,16H2,1H3,(H,14,15). The molecule has 88 valence electrons. The van der Waals surface area contributed by atoms with Crippen LogP contribution in [0.1, 0.15) is 5.56 Å². The van der Waals surface area contributed by atoms with Crippen LogP contribution in [0.15, 0.2) is 36.5 Å². The Morgan fingerprint density at radius 3 is 2.82 bits per heavy atom. The molecule has 0 unspecified atom stereocenters. The molecule has 0 bridgehead atoms. The quantitative estimate of drug-likeness (QED) is 0.822. The Morgan fingerprint density at radius 1 is 1.29 bits per heavy atom. The molecule has 0 amide bonds. The zero-order valence-electron chi connectivity index (χ0n) is 9.27. The lowest BCUT2D eigenvalue weighted by Crippen LogP contribution is -2.70. The van der Waals surface area contributed by atoms with Crippen LogP contribution in [0.2, 0.25) is 5.02 Å². The van der Waals surface area contributed by atoms with E-state index in [0.717, 1.165) is 16.7 Å². The molecule has 1 aromatic heterocycles. The zero-order chi connectivity index (χ0) is 12.3. The fraction of sp³-hybridized carbons (Fsp3) is 0.0833. The first-order valence-corrected chi connectivity index (χ1v) is 5.51. The van der Waals surface area contributed by atoms with Crippen LogP contribution < -0.4 is 10.8 Å². The van der Waals surface area contributed by atoms with E-state index < -0.39 is 0 Å². The van der Waals surface area contributed by atoms with Gasteiger partial charge in [-0.1, -0.05) is 17.7 Å². The average Bonchev–Trinajstić information content (AvgIpc) is 2.34. The third-order valence-electron chi connectivity index (χ3n) is 2.36. The summed E-state index contributed by atoms with van der Waals surface area (Å²) in [4.78, 5) is 4.12. The summed E-state index contributed by atoms with van der Waals surface area (Å²) in [6, 6.07) is 9.00. The number of pyridine rings is 1. The molecule has 3 N–H and O–H groups in total. The monoisotopic (exact) mass is 249 g/mol. The number of rotatable bonds is 3. The maximum Gasteiger partial charge on any atom is 0.136 e. The molecule has 0 radical (unpaired) electrons. The zero-order valence-corrected chi connectivity index (χ0v) is 10.0. The van der Waals surface area contributed by atoms with E-state index in [1.807, 2.05) is 25.1 Å². The number of nitrogens with two attached hydrogens (primary N) is 1. The van der Waals surface area contributed by atoms with Gasteiger partial charge in [-0.3, -0.25) is 0 Å². The lowest BCUT2D eigenvalue weighted by atomic mass is 10.2. The van der Waals surface area contributed by atoms with Gasteiger partial charge in [0.25, 0.3) is 0 Å². The number of aryl methyl sites for hydroxylation is 1. The highest BCUT2D eigenvalue weighted by Crippen LogP contribution is 2.22. The molecule has 0 saturated carbocycles. The van der Waals surface area contributed by atoms with Crippen molar-refractivity contribution in [3.63, 3.8) is 0 Å². The Labute approximate surface area is 104 Å². The lowest BCUT2D eigenvalue weighted by Gasteiger charge is -2.08. The van der Waals surface area contributed by atoms with Gasteiger partial charge in [0.05, 0.1) is 0 Å². The fourth-order valence-electron chi connectivity index (χ4n) is 1.41. The van der Waals surface area contributed by atoms with Crippen molar-refractivity contribution in [1.82, 2.24) is 4.98 Å². The van der Waals surface area contributed by atoms with Crippen LogP contribution >= 0.6 is 11.6 Å². The molecule has 17 heavy (non-hydrogen) atoms. The number of hydrogen-bond donors (Lipinski definition) is 2. The Hall–Kier alpha value is -1.62. The molecule has 0 saturated heterocycles. The van der Waals surface area contributed by atoms with Crippen molar-refractivity contribution in [2.75, 3.05) is 5.32 Å². The van der Waals surface area contributed by atoms with Gasteiger partial charge in [-0.2, -0.15) is 0 Å². The minimum absolute atomic E-state index is 0.584. The van der Waals surface area contributed by atoms with Gasteiger partial charge in [-0.05, 0) is 24.6 Å². The number of quaternary nitrogens is 1. The number of halogens is 1. The third kappa shape index (κ3) is 2.94. The summed E-state index contributed by atoms with van der Waals surface area (Å²) in [6.45, 7) is 1.94. The summed E-state index contributed by atoms with van der Waals surface area (Å²) >= 11 is 6.02. The van der Waals surface area contributed by atoms with E-state index in [4.69, 9.17) is 11.6 Å². The van der Waals surface area contributed by atoms with Crippen LogP contribution in [0.3, 0.4) is 0 Å². The summed E-state index contributed by atoms with van der Waals surface area (Å²) < 4.78 is 0. The highest BCUT2D eigenvalue weighted by molar-refractivity contribution is 6.31. The van der Waals surface area contributed by atoms with Crippen molar-refractivity contribution >= 4 is 28.8 Å². The molecule has 1 aromatic carbocycles. The smallest absolute Gasteiger partial charge is 0.136 e. The average molecular weight is 250 g/mol. The van der Waals surface area contributed by atoms with Crippen molar-refractivity contribution in [1.29, 1.82) is 0 Å². The lowest BCUT2D eigenvalue weighted by molar-refractivity contribution is -0.497. The van der Waals surface area contributed by atoms with Crippen LogP contribution in [0.5, 0.6) is 0 Å². The van der Waals surface area contributed by atoms with Crippen molar-refractivity contribution in [2.24, 2.45) is 0 Å². The second-order valence-corrected chi connectivity index (χ2v) is 4.09. The first-order chi connectivity index (χ1) is 8.19. The van der Waals surface area contributed by atoms with Crippen LogP contribution in [0.4, 0.5) is 17.2 Å². The highest BCUT2D eigenvalue weighted by Gasteiger charge is 2.01. The molecular weight excluding hydrogens is 238 g/mol. The van der Waals surface area contributed by atoms with Gasteiger partial charge in [-0.25, -0.2) is 4.98 Å². The Kier molecular flexibility index (Phi) is 3.58. The number of hydrogen-bond acceptors (Lipinski definition) is 3. The van der Waals surface area contributed by atoms with E-state index in [1.165, 1.54) is 0 Å². The molecule has 2 rings (SSSR count). The number of aromatic nitrogens is 1. The van der Waals surface area contributed by atoms with Crippen LogP contribution in [0, 0.1) is 12.1 Å². The molecule has 0 aliphatic heterocycles. The van der Waals surface area contributed by atoms with Gasteiger partial charge in [0.1, 0.15) is 11.5 Å².